The Morgan fingerprint density at radius 1 is 1.00 bits per heavy atom. The zero-order valence-corrected chi connectivity index (χ0v) is 22.3. The van der Waals surface area contributed by atoms with Crippen molar-refractivity contribution >= 4 is 11.1 Å². The highest BCUT2D eigenvalue weighted by atomic mass is 14.6. The maximum absolute atomic E-state index is 4.76. The van der Waals surface area contributed by atoms with Crippen LogP contribution in [0.5, 0.6) is 0 Å². The summed E-state index contributed by atoms with van der Waals surface area (Å²) in [4.78, 5) is 0. The number of aryl methyl sites for hydroxylation is 1. The number of hydrogen-bond acceptors (Lipinski definition) is 0. The minimum absolute atomic E-state index is 0.0558. The third-order valence-corrected chi connectivity index (χ3v) is 9.63. The highest BCUT2D eigenvalue weighted by Crippen LogP contribution is 2.70. The van der Waals surface area contributed by atoms with Crippen molar-refractivity contribution in [3.63, 3.8) is 0 Å². The second kappa shape index (κ2) is 7.33. The number of allylic oxidation sites excluding steroid dienone is 8. The van der Waals surface area contributed by atoms with Gasteiger partial charge in [0.15, 0.2) is 0 Å². The number of benzene rings is 1. The van der Waals surface area contributed by atoms with Crippen LogP contribution < -0.4 is 0 Å². The highest BCUT2D eigenvalue weighted by Gasteiger charge is 2.59. The summed E-state index contributed by atoms with van der Waals surface area (Å²) in [5.74, 6) is 0. The summed E-state index contributed by atoms with van der Waals surface area (Å²) in [5, 5.41) is 0. The molecule has 0 N–H and O–H groups in total. The summed E-state index contributed by atoms with van der Waals surface area (Å²) < 4.78 is 0. The molecule has 4 rings (SSSR count). The van der Waals surface area contributed by atoms with Crippen molar-refractivity contribution in [3.8, 4) is 0 Å². The molecule has 0 amide bonds. The van der Waals surface area contributed by atoms with Crippen LogP contribution in [0.15, 0.2) is 71.9 Å². The zero-order valence-electron chi connectivity index (χ0n) is 22.3. The van der Waals surface area contributed by atoms with Crippen molar-refractivity contribution < 1.29 is 0 Å². The third kappa shape index (κ3) is 2.95. The van der Waals surface area contributed by atoms with Crippen molar-refractivity contribution in [2.45, 2.75) is 81.1 Å². The van der Waals surface area contributed by atoms with Crippen LogP contribution in [-0.2, 0) is 6.42 Å². The maximum Gasteiger partial charge on any atom is 0.0194 e. The summed E-state index contributed by atoms with van der Waals surface area (Å²) in [6.07, 6.45) is 4.25. The van der Waals surface area contributed by atoms with Crippen molar-refractivity contribution in [1.29, 1.82) is 0 Å². The minimum Gasteiger partial charge on any atom is -0.0955 e. The lowest BCUT2D eigenvalue weighted by Crippen LogP contribution is -2.52. The lowest BCUT2D eigenvalue weighted by atomic mass is 9.41. The fourth-order valence-electron chi connectivity index (χ4n) is 8.06. The van der Waals surface area contributed by atoms with Crippen molar-refractivity contribution in [1.82, 2.24) is 0 Å². The lowest BCUT2D eigenvalue weighted by molar-refractivity contribution is 0.0544. The second-order valence-electron chi connectivity index (χ2n) is 11.9. The molecule has 1 aromatic carbocycles. The fraction of sp³-hybridized carbons (Fsp3) is 0.455. The zero-order chi connectivity index (χ0) is 24.7. The van der Waals surface area contributed by atoms with E-state index in [0.717, 1.165) is 31.3 Å². The Morgan fingerprint density at radius 2 is 1.64 bits per heavy atom. The van der Waals surface area contributed by atoms with E-state index in [1.54, 1.807) is 0 Å². The molecule has 0 aromatic heterocycles. The van der Waals surface area contributed by atoms with E-state index in [2.05, 4.69) is 80.7 Å². The van der Waals surface area contributed by atoms with Gasteiger partial charge >= 0.3 is 0 Å². The Hall–Kier alpha value is -2.34. The van der Waals surface area contributed by atoms with Crippen molar-refractivity contribution in [2.75, 3.05) is 0 Å². The van der Waals surface area contributed by atoms with E-state index in [1.165, 1.54) is 61.3 Å². The van der Waals surface area contributed by atoms with Crippen LogP contribution in [0.3, 0.4) is 0 Å². The average molecular weight is 439 g/mol. The van der Waals surface area contributed by atoms with E-state index in [1.807, 2.05) is 0 Å². The predicted molar refractivity (Wildman–Crippen MR) is 146 cm³/mol. The smallest absolute Gasteiger partial charge is 0.0194 e. The van der Waals surface area contributed by atoms with Gasteiger partial charge in [-0.2, -0.15) is 0 Å². The first-order chi connectivity index (χ1) is 15.2. The lowest BCUT2D eigenvalue weighted by Gasteiger charge is -2.62. The summed E-state index contributed by atoms with van der Waals surface area (Å²) in [6.45, 7) is 36.9. The van der Waals surface area contributed by atoms with Crippen molar-refractivity contribution in [3.05, 3.63) is 94.1 Å². The molecule has 3 atom stereocenters. The van der Waals surface area contributed by atoms with Crippen LogP contribution in [0, 0.1) is 23.2 Å². The molecule has 3 aliphatic carbocycles. The fourth-order valence-corrected chi connectivity index (χ4v) is 8.06. The standard InChI is InChI=1S/C33H42/c1-13-20(4)26-15-14-21(5)29-23(7)30-25(9)33(12)24(8)28(19(2)3)22(6)16-32(33,11)18-31(30,10)17-27(26)29/h14-15H,2,4,7-8,13,16-18H2,1,3,5-6,9-12H3/t31-,32+,33-/m1/s1. The van der Waals surface area contributed by atoms with Gasteiger partial charge in [0.25, 0.3) is 0 Å². The van der Waals surface area contributed by atoms with Crippen LogP contribution >= 0.6 is 0 Å². The maximum atomic E-state index is 4.76. The largest absolute Gasteiger partial charge is 0.0955 e. The van der Waals surface area contributed by atoms with Gasteiger partial charge in [-0.3, -0.25) is 0 Å². The number of rotatable bonds is 3. The first kappa shape index (κ1) is 23.8. The second-order valence-corrected chi connectivity index (χ2v) is 11.9. The predicted octanol–water partition coefficient (Wildman–Crippen LogP) is 9.58. The van der Waals surface area contributed by atoms with Crippen molar-refractivity contribution in [2.24, 2.45) is 16.2 Å². The topological polar surface area (TPSA) is 0 Å². The molecule has 33 heavy (non-hydrogen) atoms. The quantitative estimate of drug-likeness (QED) is 0.440. The molecule has 0 fully saturated rings. The van der Waals surface area contributed by atoms with E-state index in [4.69, 9.17) is 13.2 Å². The summed E-state index contributed by atoms with van der Waals surface area (Å²) in [7, 11) is 0. The van der Waals surface area contributed by atoms with Crippen LogP contribution in [0.25, 0.3) is 11.1 Å². The van der Waals surface area contributed by atoms with Crippen LogP contribution in [0.4, 0.5) is 0 Å². The molecule has 0 heterocycles. The molecule has 1 aromatic rings. The molecule has 0 heteroatoms. The van der Waals surface area contributed by atoms with Crippen LogP contribution in [0.1, 0.15) is 90.0 Å². The average Bonchev–Trinajstić information content (AvgIpc) is 2.69. The molecule has 0 bridgehead atoms. The molecule has 0 saturated carbocycles. The van der Waals surface area contributed by atoms with E-state index < -0.39 is 0 Å². The molecule has 0 saturated heterocycles. The highest BCUT2D eigenvalue weighted by molar-refractivity contribution is 5.89. The molecule has 0 radical (unpaired) electrons. The molecule has 0 unspecified atom stereocenters. The Morgan fingerprint density at radius 3 is 2.21 bits per heavy atom. The number of fused-ring (bicyclic) bond motifs is 3. The van der Waals surface area contributed by atoms with Gasteiger partial charge < -0.3 is 0 Å². The van der Waals surface area contributed by atoms with E-state index >= 15 is 0 Å². The van der Waals surface area contributed by atoms with Gasteiger partial charge in [-0.1, -0.05) is 82.9 Å². The van der Waals surface area contributed by atoms with Crippen LogP contribution in [0.2, 0.25) is 0 Å². The first-order valence-electron chi connectivity index (χ1n) is 12.5. The van der Waals surface area contributed by atoms with E-state index in [-0.39, 0.29) is 16.2 Å². The van der Waals surface area contributed by atoms with Gasteiger partial charge in [0.2, 0.25) is 0 Å². The van der Waals surface area contributed by atoms with Gasteiger partial charge in [-0.05, 0) is 114 Å². The van der Waals surface area contributed by atoms with Gasteiger partial charge in [-0.15, -0.1) is 0 Å². The molecule has 174 valence electrons. The van der Waals surface area contributed by atoms with Gasteiger partial charge in [0.05, 0.1) is 0 Å². The Labute approximate surface area is 202 Å². The van der Waals surface area contributed by atoms with Gasteiger partial charge in [0, 0.05) is 5.41 Å². The Bertz CT molecular complexity index is 1210. The summed E-state index contributed by atoms with van der Waals surface area (Å²) >= 11 is 0. The van der Waals surface area contributed by atoms with E-state index in [9.17, 15) is 0 Å². The molecule has 0 spiro atoms. The number of hydrogen-bond donors (Lipinski definition) is 0. The van der Waals surface area contributed by atoms with E-state index in [0.29, 0.717) is 0 Å². The van der Waals surface area contributed by atoms with Gasteiger partial charge in [-0.25, -0.2) is 0 Å². The molecule has 3 aliphatic rings. The Balaban J connectivity index is 2.02. The monoisotopic (exact) mass is 438 g/mol. The third-order valence-electron chi connectivity index (χ3n) is 9.63. The molecule has 0 nitrogen and oxygen atoms in total. The Kier molecular flexibility index (Phi) is 5.29. The summed E-state index contributed by atoms with van der Waals surface area (Å²) in [6, 6.07) is 4.56. The normalized spacial score (nSPS) is 31.3. The molecular formula is C33H42. The molecule has 0 aliphatic heterocycles. The first-order valence-corrected chi connectivity index (χ1v) is 12.5. The van der Waals surface area contributed by atoms with Gasteiger partial charge in [0.1, 0.15) is 0 Å². The SMILES string of the molecule is C=C(C)C1=C(C)C[C@@]2(C)C[C@@]3(C)Cc4c(C(=C)CC)ccc(C)c4C(=C)C3=C(C)[C@@]2(C)C1=C. The summed E-state index contributed by atoms with van der Waals surface area (Å²) in [5.41, 5.74) is 16.1. The molecular weight excluding hydrogens is 396 g/mol. The minimum atomic E-state index is -0.103. The van der Waals surface area contributed by atoms with Crippen LogP contribution in [-0.4, -0.2) is 0 Å².